The molecule has 0 unspecified atom stereocenters. The van der Waals surface area contributed by atoms with Crippen molar-refractivity contribution in [2.45, 2.75) is 4.90 Å². The molecule has 2 N–H and O–H groups in total. The van der Waals surface area contributed by atoms with E-state index in [1.165, 1.54) is 44.7 Å². The second-order valence-corrected chi connectivity index (χ2v) is 8.57. The summed E-state index contributed by atoms with van der Waals surface area (Å²) in [6.07, 6.45) is 1.43. The fourth-order valence-corrected chi connectivity index (χ4v) is 3.93. The summed E-state index contributed by atoms with van der Waals surface area (Å²) in [7, 11) is -0.847. The van der Waals surface area contributed by atoms with Crippen LogP contribution in [0.4, 0.5) is 5.69 Å². The van der Waals surface area contributed by atoms with Gasteiger partial charge in [-0.25, -0.2) is 13.8 Å². The van der Waals surface area contributed by atoms with Crippen molar-refractivity contribution in [2.24, 2.45) is 5.10 Å². The molecule has 0 bridgehead atoms. The minimum absolute atomic E-state index is 0.0658. The van der Waals surface area contributed by atoms with Crippen molar-refractivity contribution in [2.75, 3.05) is 18.9 Å². The second-order valence-electron chi connectivity index (χ2n) is 6.45. The standard InChI is InChI=1S/C22H20ClN3O5S/c1-30-20-11-6-15(12-21(20)31-2)14-24-25-22(27)16-4-3-5-19(13-16)32(28,29)26-18-9-7-17(23)8-10-18/h3-14,26H,1-2H3,(H,25,27)/b24-14-. The number of nitrogens with zero attached hydrogens (tertiary/aromatic N) is 1. The van der Waals surface area contributed by atoms with E-state index in [0.29, 0.717) is 27.8 Å². The first-order valence-electron chi connectivity index (χ1n) is 9.26. The van der Waals surface area contributed by atoms with Crippen LogP contribution in [0.5, 0.6) is 11.5 Å². The summed E-state index contributed by atoms with van der Waals surface area (Å²) in [6, 6.07) is 17.0. The van der Waals surface area contributed by atoms with E-state index in [0.717, 1.165) is 0 Å². The van der Waals surface area contributed by atoms with E-state index in [-0.39, 0.29) is 10.5 Å². The molecule has 0 spiro atoms. The van der Waals surface area contributed by atoms with Crippen LogP contribution in [0.15, 0.2) is 76.7 Å². The fraction of sp³-hybridized carbons (Fsp3) is 0.0909. The molecule has 0 aromatic heterocycles. The summed E-state index contributed by atoms with van der Waals surface area (Å²) in [6.45, 7) is 0. The lowest BCUT2D eigenvalue weighted by Crippen LogP contribution is -2.19. The van der Waals surface area contributed by atoms with Crippen molar-refractivity contribution >= 4 is 39.4 Å². The molecular weight excluding hydrogens is 454 g/mol. The van der Waals surface area contributed by atoms with E-state index in [9.17, 15) is 13.2 Å². The topological polar surface area (TPSA) is 106 Å². The van der Waals surface area contributed by atoms with Gasteiger partial charge in [0.25, 0.3) is 15.9 Å². The number of carbonyl (C=O) groups excluding carboxylic acids is 1. The fourth-order valence-electron chi connectivity index (χ4n) is 2.70. The smallest absolute Gasteiger partial charge is 0.271 e. The number of carbonyl (C=O) groups is 1. The number of anilines is 1. The van der Waals surface area contributed by atoms with E-state index in [2.05, 4.69) is 15.2 Å². The minimum atomic E-state index is -3.90. The predicted octanol–water partition coefficient (Wildman–Crippen LogP) is 3.92. The average Bonchev–Trinajstić information content (AvgIpc) is 2.80. The maximum Gasteiger partial charge on any atom is 0.271 e. The summed E-state index contributed by atoms with van der Waals surface area (Å²) < 4.78 is 38.1. The van der Waals surface area contributed by atoms with Gasteiger partial charge >= 0.3 is 0 Å². The number of nitrogens with one attached hydrogen (secondary N) is 2. The van der Waals surface area contributed by atoms with Crippen molar-refractivity contribution < 1.29 is 22.7 Å². The molecule has 32 heavy (non-hydrogen) atoms. The van der Waals surface area contributed by atoms with Crippen LogP contribution in [-0.2, 0) is 10.0 Å². The maximum atomic E-state index is 12.6. The molecule has 0 heterocycles. The molecule has 0 aliphatic rings. The molecule has 0 aliphatic carbocycles. The van der Waals surface area contributed by atoms with Gasteiger partial charge in [-0.15, -0.1) is 0 Å². The Bertz CT molecular complexity index is 1240. The molecule has 3 aromatic rings. The molecule has 1 amide bonds. The third-order valence-electron chi connectivity index (χ3n) is 4.29. The quantitative estimate of drug-likeness (QED) is 0.381. The minimum Gasteiger partial charge on any atom is -0.493 e. The van der Waals surface area contributed by atoms with E-state index >= 15 is 0 Å². The third-order valence-corrected chi connectivity index (χ3v) is 5.92. The van der Waals surface area contributed by atoms with Crippen LogP contribution >= 0.6 is 11.6 Å². The number of halogens is 1. The zero-order valence-corrected chi connectivity index (χ0v) is 18.8. The monoisotopic (exact) mass is 473 g/mol. The van der Waals surface area contributed by atoms with Gasteiger partial charge in [0.05, 0.1) is 25.3 Å². The van der Waals surface area contributed by atoms with Crippen molar-refractivity contribution in [3.05, 3.63) is 82.9 Å². The van der Waals surface area contributed by atoms with Crippen LogP contribution in [-0.4, -0.2) is 34.8 Å². The van der Waals surface area contributed by atoms with Gasteiger partial charge in [0.15, 0.2) is 11.5 Å². The highest BCUT2D eigenvalue weighted by atomic mass is 35.5. The number of methoxy groups -OCH3 is 2. The average molecular weight is 474 g/mol. The highest BCUT2D eigenvalue weighted by molar-refractivity contribution is 7.92. The van der Waals surface area contributed by atoms with Crippen LogP contribution in [0.2, 0.25) is 5.02 Å². The molecule has 0 radical (unpaired) electrons. The summed E-state index contributed by atoms with van der Waals surface area (Å²) in [5.74, 6) is 0.526. The lowest BCUT2D eigenvalue weighted by atomic mass is 10.2. The molecule has 10 heteroatoms. The molecule has 3 rings (SSSR count). The van der Waals surface area contributed by atoms with Crippen LogP contribution < -0.4 is 19.6 Å². The number of hydrogen-bond acceptors (Lipinski definition) is 6. The summed E-state index contributed by atoms with van der Waals surface area (Å²) in [5.41, 5.74) is 3.53. The number of hydrazone groups is 1. The molecule has 0 aliphatic heterocycles. The number of sulfonamides is 1. The Hall–Kier alpha value is -3.56. The van der Waals surface area contributed by atoms with Gasteiger partial charge in [-0.3, -0.25) is 9.52 Å². The van der Waals surface area contributed by atoms with Gasteiger partial charge in [-0.05, 0) is 66.2 Å². The Morgan fingerprint density at radius 3 is 2.38 bits per heavy atom. The number of hydrogen-bond donors (Lipinski definition) is 2. The Labute approximate surface area is 190 Å². The summed E-state index contributed by atoms with van der Waals surface area (Å²) in [5, 5.41) is 4.40. The van der Waals surface area contributed by atoms with E-state index in [4.69, 9.17) is 21.1 Å². The Morgan fingerprint density at radius 2 is 1.69 bits per heavy atom. The van der Waals surface area contributed by atoms with Gasteiger partial charge in [-0.2, -0.15) is 5.10 Å². The second kappa shape index (κ2) is 10.2. The van der Waals surface area contributed by atoms with Crippen molar-refractivity contribution in [1.82, 2.24) is 5.43 Å². The van der Waals surface area contributed by atoms with Gasteiger partial charge in [0.2, 0.25) is 0 Å². The highest BCUT2D eigenvalue weighted by Crippen LogP contribution is 2.26. The first-order valence-corrected chi connectivity index (χ1v) is 11.1. The van der Waals surface area contributed by atoms with Gasteiger partial charge in [0.1, 0.15) is 0 Å². The van der Waals surface area contributed by atoms with Crippen LogP contribution in [0.1, 0.15) is 15.9 Å². The molecule has 166 valence electrons. The molecule has 0 fully saturated rings. The summed E-state index contributed by atoms with van der Waals surface area (Å²) in [4.78, 5) is 12.4. The van der Waals surface area contributed by atoms with Gasteiger partial charge in [-0.1, -0.05) is 17.7 Å². The number of benzene rings is 3. The maximum absolute atomic E-state index is 12.6. The number of rotatable bonds is 8. The van der Waals surface area contributed by atoms with E-state index in [1.54, 1.807) is 42.5 Å². The van der Waals surface area contributed by atoms with E-state index in [1.807, 2.05) is 0 Å². The SMILES string of the molecule is COc1ccc(/C=N\NC(=O)c2cccc(S(=O)(=O)Nc3ccc(Cl)cc3)c2)cc1OC. The van der Waals surface area contributed by atoms with E-state index < -0.39 is 15.9 Å². The highest BCUT2D eigenvalue weighted by Gasteiger charge is 2.16. The van der Waals surface area contributed by atoms with Gasteiger partial charge in [0, 0.05) is 16.3 Å². The van der Waals surface area contributed by atoms with Crippen LogP contribution in [0.3, 0.4) is 0 Å². The number of ether oxygens (including phenoxy) is 2. The predicted molar refractivity (Wildman–Crippen MR) is 123 cm³/mol. The lowest BCUT2D eigenvalue weighted by molar-refractivity contribution is 0.0955. The third kappa shape index (κ3) is 5.77. The molecule has 3 aromatic carbocycles. The molecule has 0 saturated heterocycles. The van der Waals surface area contributed by atoms with Crippen molar-refractivity contribution in [1.29, 1.82) is 0 Å². The molecule has 0 saturated carbocycles. The lowest BCUT2D eigenvalue weighted by Gasteiger charge is -2.09. The zero-order valence-electron chi connectivity index (χ0n) is 17.2. The summed E-state index contributed by atoms with van der Waals surface area (Å²) >= 11 is 5.82. The molecule has 0 atom stereocenters. The zero-order chi connectivity index (χ0) is 23.1. The number of amides is 1. The van der Waals surface area contributed by atoms with Crippen molar-refractivity contribution in [3.8, 4) is 11.5 Å². The largest absolute Gasteiger partial charge is 0.493 e. The Balaban J connectivity index is 1.71. The first kappa shape index (κ1) is 23.1. The van der Waals surface area contributed by atoms with Crippen molar-refractivity contribution in [3.63, 3.8) is 0 Å². The van der Waals surface area contributed by atoms with Crippen LogP contribution in [0.25, 0.3) is 0 Å². The molecule has 8 nitrogen and oxygen atoms in total. The normalized spacial score (nSPS) is 11.2. The Morgan fingerprint density at radius 1 is 0.969 bits per heavy atom. The first-order chi connectivity index (χ1) is 15.3. The molecular formula is C22H20ClN3O5S. The van der Waals surface area contributed by atoms with Crippen LogP contribution in [0, 0.1) is 0 Å². The Kier molecular flexibility index (Phi) is 7.34. The van der Waals surface area contributed by atoms with Gasteiger partial charge < -0.3 is 9.47 Å².